The maximum Gasteiger partial charge on any atom is 0.417 e. The van der Waals surface area contributed by atoms with Crippen LogP contribution in [0.4, 0.5) is 13.2 Å². The number of benzene rings is 5. The molecule has 3 heterocycles. The molecule has 0 bridgehead atoms. The number of pyridine rings is 2. The number of rotatable bonds is 5. The summed E-state index contributed by atoms with van der Waals surface area (Å²) in [5, 5.41) is 0.874. The maximum atomic E-state index is 14.4. The zero-order valence-corrected chi connectivity index (χ0v) is 34.1. The van der Waals surface area contributed by atoms with E-state index in [-0.39, 0.29) is 81.8 Å². The van der Waals surface area contributed by atoms with Gasteiger partial charge in [0.25, 0.3) is 0 Å². The van der Waals surface area contributed by atoms with E-state index in [4.69, 9.17) is 14.0 Å². The molecule has 0 atom stereocenters. The van der Waals surface area contributed by atoms with E-state index in [1.165, 1.54) is 24.3 Å². The zero-order valence-electron chi connectivity index (χ0n) is 39.7. The third-order valence-electron chi connectivity index (χ3n) is 10.6. The summed E-state index contributed by atoms with van der Waals surface area (Å²) in [5.74, 6) is -1.11. The van der Waals surface area contributed by atoms with Crippen LogP contribution in [0, 0.1) is 31.3 Å². The third kappa shape index (κ3) is 8.43. The normalized spacial score (nSPS) is 17.1. The van der Waals surface area contributed by atoms with Gasteiger partial charge in [-0.1, -0.05) is 97.6 Å². The molecular formula is C51H43F3IrN2O-2. The molecule has 295 valence electrons. The van der Waals surface area contributed by atoms with Crippen LogP contribution < -0.4 is 0 Å². The average molecular weight is 957 g/mol. The van der Waals surface area contributed by atoms with Crippen molar-refractivity contribution in [2.24, 2.45) is 5.41 Å². The van der Waals surface area contributed by atoms with Crippen LogP contribution in [-0.4, -0.2) is 9.97 Å². The van der Waals surface area contributed by atoms with Crippen molar-refractivity contribution in [2.75, 3.05) is 0 Å². The van der Waals surface area contributed by atoms with Gasteiger partial charge in [-0.05, 0) is 108 Å². The number of hydrogen-bond donors (Lipinski definition) is 0. The molecule has 8 aromatic rings. The second-order valence-electron chi connectivity index (χ2n) is 15.0. The molecule has 0 aliphatic heterocycles. The van der Waals surface area contributed by atoms with Crippen LogP contribution in [0.15, 0.2) is 138 Å². The minimum absolute atomic E-state index is 0. The number of halogens is 3. The predicted molar refractivity (Wildman–Crippen MR) is 225 cm³/mol. The Morgan fingerprint density at radius 2 is 1.53 bits per heavy atom. The molecule has 0 N–H and O–H groups in total. The van der Waals surface area contributed by atoms with E-state index in [0.717, 1.165) is 36.4 Å². The molecule has 5 aromatic carbocycles. The summed E-state index contributed by atoms with van der Waals surface area (Å²) in [6.45, 7) is -1.29. The Labute approximate surface area is 363 Å². The van der Waals surface area contributed by atoms with E-state index in [2.05, 4.69) is 35.9 Å². The summed E-state index contributed by atoms with van der Waals surface area (Å²) in [6, 6.07) is 37.6. The molecule has 3 aromatic heterocycles. The molecule has 3 nitrogen and oxygen atoms in total. The van der Waals surface area contributed by atoms with Crippen LogP contribution in [0.5, 0.6) is 0 Å². The van der Waals surface area contributed by atoms with Gasteiger partial charge in [0.05, 0.1) is 12.5 Å². The first kappa shape index (κ1) is 31.6. The van der Waals surface area contributed by atoms with E-state index in [9.17, 15) is 14.5 Å². The van der Waals surface area contributed by atoms with Crippen LogP contribution in [0.3, 0.4) is 0 Å². The zero-order chi connectivity index (χ0) is 46.5. The van der Waals surface area contributed by atoms with Gasteiger partial charge < -0.3 is 14.4 Å². The standard InChI is InChI=1S/C40H35F3NO.C11H8N.Ir/c1-24-21-28(26-17-19-39(3,4)20-18-26)13-14-29(24)33-22-35(44-23-25(33)2)32-12-8-11-30-31-15-16-34(40(41,42)43)36(38(31)45-37(30)32)27-9-6-5-7-10-27;1-2-6-10(7-3-1)11-8-4-5-9-12-11;/h5-11,13-16,21-23,26H,17-20H2,1-4H3;1-6,8-9H;/q2*-1;/i1D3,2D3,14D,26D;;. The predicted octanol–water partition coefficient (Wildman–Crippen LogP) is 14.6. The average Bonchev–Trinajstić information content (AvgIpc) is 3.66. The molecule has 0 saturated heterocycles. The minimum Gasteiger partial charge on any atom is -0.500 e. The van der Waals surface area contributed by atoms with Gasteiger partial charge >= 0.3 is 6.18 Å². The number of alkyl halides is 3. The molecule has 0 amide bonds. The molecule has 1 fully saturated rings. The molecule has 0 spiro atoms. The third-order valence-corrected chi connectivity index (χ3v) is 10.6. The Balaban J connectivity index is 0.000000430. The quantitative estimate of drug-likeness (QED) is 0.161. The largest absolute Gasteiger partial charge is 0.500 e. The number of nitrogens with zero attached hydrogens (tertiary/aromatic N) is 2. The first-order chi connectivity index (χ1) is 30.6. The van der Waals surface area contributed by atoms with Gasteiger partial charge in [0, 0.05) is 53.0 Å². The second kappa shape index (κ2) is 16.9. The van der Waals surface area contributed by atoms with Crippen LogP contribution in [0.25, 0.3) is 66.7 Å². The summed E-state index contributed by atoms with van der Waals surface area (Å²) < 4.78 is 118. The van der Waals surface area contributed by atoms with E-state index >= 15 is 0 Å². The number of fused-ring (bicyclic) bond motifs is 3. The molecule has 0 unspecified atom stereocenters. The fraction of sp³-hybridized carbons (Fsp3) is 0.216. The van der Waals surface area contributed by atoms with Crippen molar-refractivity contribution >= 4 is 21.9 Å². The summed E-state index contributed by atoms with van der Waals surface area (Å²) in [7, 11) is 0. The smallest absolute Gasteiger partial charge is 0.417 e. The topological polar surface area (TPSA) is 38.9 Å². The van der Waals surface area contributed by atoms with Gasteiger partial charge in [-0.15, -0.1) is 54.1 Å². The van der Waals surface area contributed by atoms with E-state index in [1.807, 2.05) is 42.5 Å². The number of aromatic nitrogens is 2. The Morgan fingerprint density at radius 1 is 0.776 bits per heavy atom. The number of hydrogen-bond acceptors (Lipinski definition) is 3. The Bertz CT molecular complexity index is 2960. The molecule has 1 radical (unpaired) electrons. The van der Waals surface area contributed by atoms with Crippen LogP contribution >= 0.6 is 0 Å². The summed E-state index contributed by atoms with van der Waals surface area (Å²) >= 11 is 0. The Morgan fingerprint density at radius 3 is 2.24 bits per heavy atom. The van der Waals surface area contributed by atoms with E-state index < -0.39 is 31.3 Å². The fourth-order valence-electron chi connectivity index (χ4n) is 7.44. The number of furan rings is 1. The van der Waals surface area contributed by atoms with E-state index in [0.29, 0.717) is 34.7 Å². The van der Waals surface area contributed by atoms with Gasteiger partial charge in [-0.3, -0.25) is 0 Å². The van der Waals surface area contributed by atoms with Gasteiger partial charge in [-0.2, -0.15) is 13.2 Å². The number of aryl methyl sites for hydroxylation is 2. The molecule has 58 heavy (non-hydrogen) atoms. The maximum absolute atomic E-state index is 14.4. The summed E-state index contributed by atoms with van der Waals surface area (Å²) in [6.07, 6.45) is 0.664. The summed E-state index contributed by atoms with van der Waals surface area (Å²) in [5.41, 5.74) is 1.45. The second-order valence-corrected chi connectivity index (χ2v) is 15.0. The Kier molecular flexibility index (Phi) is 9.19. The van der Waals surface area contributed by atoms with Crippen molar-refractivity contribution in [1.29, 1.82) is 0 Å². The van der Waals surface area contributed by atoms with Gasteiger partial charge in [0.2, 0.25) is 0 Å². The Hall–Kier alpha value is -5.36. The van der Waals surface area contributed by atoms with Crippen molar-refractivity contribution in [3.05, 3.63) is 168 Å². The van der Waals surface area contributed by atoms with Crippen molar-refractivity contribution in [1.82, 2.24) is 9.97 Å². The SMILES string of the molecule is [2H]c1cc(C2([2H])CCC(C)(C)CC2)cc(C([2H])([2H])[2H])c1-c1cc(-c2[c-]ccc3c2oc2c(-c4ccccc4)c(C(F)(F)F)ccc23)ncc1C([2H])([2H])[2H].[Ir].[c-]1ccccc1-c1ccccn1. The van der Waals surface area contributed by atoms with Crippen molar-refractivity contribution < 1.29 is 48.7 Å². The molecule has 1 aliphatic rings. The van der Waals surface area contributed by atoms with Gasteiger partial charge in [-0.25, -0.2) is 0 Å². The van der Waals surface area contributed by atoms with Gasteiger partial charge in [0.1, 0.15) is 5.58 Å². The molecular weight excluding hydrogens is 906 g/mol. The summed E-state index contributed by atoms with van der Waals surface area (Å²) in [4.78, 5) is 8.65. The molecule has 7 heteroatoms. The van der Waals surface area contributed by atoms with E-state index in [1.54, 1.807) is 48.7 Å². The first-order valence-corrected chi connectivity index (χ1v) is 18.7. The minimum atomic E-state index is -4.69. The fourth-order valence-corrected chi connectivity index (χ4v) is 7.44. The molecule has 1 saturated carbocycles. The van der Waals surface area contributed by atoms with Crippen molar-refractivity contribution in [3.8, 4) is 44.8 Å². The van der Waals surface area contributed by atoms with Gasteiger partial charge in [0.15, 0.2) is 0 Å². The first-order valence-electron chi connectivity index (χ1n) is 22.7. The monoisotopic (exact) mass is 957 g/mol. The molecule has 9 rings (SSSR count). The van der Waals surface area contributed by atoms with Crippen molar-refractivity contribution in [2.45, 2.75) is 65.3 Å². The molecule has 1 aliphatic carbocycles. The van der Waals surface area contributed by atoms with Crippen LogP contribution in [0.1, 0.15) is 78.6 Å². The van der Waals surface area contributed by atoms with Crippen LogP contribution in [-0.2, 0) is 26.3 Å². The van der Waals surface area contributed by atoms with Crippen LogP contribution in [0.2, 0.25) is 0 Å². The van der Waals surface area contributed by atoms with Crippen molar-refractivity contribution in [3.63, 3.8) is 0 Å².